The topological polar surface area (TPSA) is 17.3 Å². The van der Waals surface area contributed by atoms with Gasteiger partial charge in [-0.1, -0.05) is 61.7 Å². The van der Waals surface area contributed by atoms with Gasteiger partial charge in [-0.25, -0.2) is 0 Å². The van der Waals surface area contributed by atoms with Gasteiger partial charge in [0.1, 0.15) is 0 Å². The SMILES string of the molecule is C(=Nc1ccc(-c2ccccc2)cc1)c1ccn(C2CCCCC2)c1. The summed E-state index contributed by atoms with van der Waals surface area (Å²) in [6, 6.07) is 21.7. The standard InChI is InChI=1S/C23H24N2/c1-3-7-20(8-4-1)21-11-13-22(14-12-21)24-17-19-15-16-25(18-19)23-9-5-2-6-10-23/h1,3-4,7-8,11-18,23H,2,5-6,9-10H2. The third kappa shape index (κ3) is 3.90. The van der Waals surface area contributed by atoms with Crippen LogP contribution in [0.3, 0.4) is 0 Å². The third-order valence-corrected chi connectivity index (χ3v) is 5.07. The van der Waals surface area contributed by atoms with Crippen LogP contribution in [-0.2, 0) is 0 Å². The van der Waals surface area contributed by atoms with Crippen molar-refractivity contribution in [3.8, 4) is 11.1 Å². The number of aromatic nitrogens is 1. The molecule has 0 bridgehead atoms. The van der Waals surface area contributed by atoms with Crippen LogP contribution in [-0.4, -0.2) is 10.8 Å². The second-order valence-corrected chi connectivity index (χ2v) is 6.85. The van der Waals surface area contributed by atoms with Crippen LogP contribution in [0.15, 0.2) is 78.0 Å². The molecule has 126 valence electrons. The average Bonchev–Trinajstić information content (AvgIpc) is 3.17. The molecule has 2 nitrogen and oxygen atoms in total. The summed E-state index contributed by atoms with van der Waals surface area (Å²) in [7, 11) is 0. The molecule has 3 aromatic rings. The van der Waals surface area contributed by atoms with E-state index in [1.807, 2.05) is 12.3 Å². The van der Waals surface area contributed by atoms with Crippen molar-refractivity contribution in [3.05, 3.63) is 78.6 Å². The molecular weight excluding hydrogens is 304 g/mol. The quantitative estimate of drug-likeness (QED) is 0.492. The van der Waals surface area contributed by atoms with Gasteiger partial charge in [-0.3, -0.25) is 4.99 Å². The van der Waals surface area contributed by atoms with Crippen LogP contribution in [0.5, 0.6) is 0 Å². The molecule has 2 aromatic carbocycles. The van der Waals surface area contributed by atoms with Gasteiger partial charge >= 0.3 is 0 Å². The third-order valence-electron chi connectivity index (χ3n) is 5.07. The van der Waals surface area contributed by atoms with Crippen LogP contribution in [0.4, 0.5) is 5.69 Å². The molecule has 0 N–H and O–H groups in total. The highest BCUT2D eigenvalue weighted by molar-refractivity contribution is 5.82. The van der Waals surface area contributed by atoms with Gasteiger partial charge < -0.3 is 4.57 Å². The number of rotatable bonds is 4. The summed E-state index contributed by atoms with van der Waals surface area (Å²) < 4.78 is 2.37. The number of benzene rings is 2. The summed E-state index contributed by atoms with van der Waals surface area (Å²) in [4.78, 5) is 4.63. The molecule has 0 amide bonds. The van der Waals surface area contributed by atoms with Crippen LogP contribution in [0.1, 0.15) is 43.7 Å². The Morgan fingerprint density at radius 3 is 2.28 bits per heavy atom. The minimum atomic E-state index is 0.682. The van der Waals surface area contributed by atoms with Crippen LogP contribution in [0.25, 0.3) is 11.1 Å². The van der Waals surface area contributed by atoms with Crippen molar-refractivity contribution in [1.29, 1.82) is 0 Å². The maximum Gasteiger partial charge on any atom is 0.0630 e. The molecule has 2 heteroatoms. The zero-order valence-electron chi connectivity index (χ0n) is 14.5. The monoisotopic (exact) mass is 328 g/mol. The minimum absolute atomic E-state index is 0.682. The molecule has 1 fully saturated rings. The highest BCUT2D eigenvalue weighted by Crippen LogP contribution is 2.28. The highest BCUT2D eigenvalue weighted by Gasteiger charge is 2.14. The van der Waals surface area contributed by atoms with Gasteiger partial charge in [0.2, 0.25) is 0 Å². The molecular formula is C23H24N2. The second kappa shape index (κ2) is 7.52. The van der Waals surface area contributed by atoms with Crippen LogP contribution < -0.4 is 0 Å². The summed E-state index contributed by atoms with van der Waals surface area (Å²) in [6.07, 6.45) is 13.1. The van der Waals surface area contributed by atoms with E-state index in [9.17, 15) is 0 Å². The Labute approximate surface area is 149 Å². The Hall–Kier alpha value is -2.61. The first-order valence-electron chi connectivity index (χ1n) is 9.25. The van der Waals surface area contributed by atoms with Crippen molar-refractivity contribution in [2.24, 2.45) is 4.99 Å². The van der Waals surface area contributed by atoms with Gasteiger partial charge in [0.25, 0.3) is 0 Å². The maximum atomic E-state index is 4.63. The van der Waals surface area contributed by atoms with Gasteiger partial charge in [-0.05, 0) is 42.2 Å². The van der Waals surface area contributed by atoms with Crippen molar-refractivity contribution in [2.75, 3.05) is 0 Å². The summed E-state index contributed by atoms with van der Waals surface area (Å²) in [6.45, 7) is 0. The van der Waals surface area contributed by atoms with E-state index < -0.39 is 0 Å². The fourth-order valence-electron chi connectivity index (χ4n) is 3.63. The van der Waals surface area contributed by atoms with E-state index in [-0.39, 0.29) is 0 Å². The molecule has 0 spiro atoms. The normalized spacial score (nSPS) is 15.7. The van der Waals surface area contributed by atoms with E-state index in [0.717, 1.165) is 5.69 Å². The zero-order chi connectivity index (χ0) is 16.9. The largest absolute Gasteiger partial charge is 0.351 e. The van der Waals surface area contributed by atoms with Crippen molar-refractivity contribution >= 4 is 11.9 Å². The predicted octanol–water partition coefficient (Wildman–Crippen LogP) is 6.41. The fourth-order valence-corrected chi connectivity index (χ4v) is 3.63. The molecule has 0 atom stereocenters. The van der Waals surface area contributed by atoms with Crippen LogP contribution in [0.2, 0.25) is 0 Å². The molecule has 1 aromatic heterocycles. The zero-order valence-corrected chi connectivity index (χ0v) is 14.5. The smallest absolute Gasteiger partial charge is 0.0630 e. The molecule has 1 aliphatic carbocycles. The van der Waals surface area contributed by atoms with Crippen molar-refractivity contribution in [3.63, 3.8) is 0 Å². The molecule has 1 saturated carbocycles. The van der Waals surface area contributed by atoms with Crippen molar-refractivity contribution in [2.45, 2.75) is 38.1 Å². The fraction of sp³-hybridized carbons (Fsp3) is 0.261. The molecule has 0 saturated heterocycles. The lowest BCUT2D eigenvalue weighted by molar-refractivity contribution is 0.354. The Bertz CT molecular complexity index is 822. The first kappa shape index (κ1) is 15.9. The number of aliphatic imine (C=N–C) groups is 1. The van der Waals surface area contributed by atoms with E-state index in [0.29, 0.717) is 6.04 Å². The van der Waals surface area contributed by atoms with Crippen molar-refractivity contribution in [1.82, 2.24) is 4.57 Å². The Balaban J connectivity index is 1.44. The molecule has 0 unspecified atom stereocenters. The second-order valence-electron chi connectivity index (χ2n) is 6.85. The first-order valence-corrected chi connectivity index (χ1v) is 9.25. The Kier molecular flexibility index (Phi) is 4.78. The summed E-state index contributed by atoms with van der Waals surface area (Å²) >= 11 is 0. The molecule has 25 heavy (non-hydrogen) atoms. The summed E-state index contributed by atoms with van der Waals surface area (Å²) in [5, 5.41) is 0. The first-order chi connectivity index (χ1) is 12.4. The molecule has 0 aliphatic heterocycles. The van der Waals surface area contributed by atoms with Gasteiger partial charge in [0.05, 0.1) is 5.69 Å². The molecule has 1 heterocycles. The van der Waals surface area contributed by atoms with Crippen molar-refractivity contribution < 1.29 is 0 Å². The molecule has 1 aliphatic rings. The Morgan fingerprint density at radius 2 is 1.52 bits per heavy atom. The Morgan fingerprint density at radius 1 is 0.800 bits per heavy atom. The lowest BCUT2D eigenvalue weighted by Gasteiger charge is -2.23. The van der Waals surface area contributed by atoms with E-state index in [1.165, 1.54) is 48.8 Å². The van der Waals surface area contributed by atoms with Crippen LogP contribution in [0, 0.1) is 0 Å². The number of hydrogen-bond acceptors (Lipinski definition) is 1. The van der Waals surface area contributed by atoms with Gasteiger partial charge in [-0.15, -0.1) is 0 Å². The molecule has 4 rings (SSSR count). The van der Waals surface area contributed by atoms with E-state index >= 15 is 0 Å². The highest BCUT2D eigenvalue weighted by atomic mass is 15.0. The molecule has 0 radical (unpaired) electrons. The van der Waals surface area contributed by atoms with Gasteiger partial charge in [0, 0.05) is 30.2 Å². The lowest BCUT2D eigenvalue weighted by atomic mass is 9.95. The predicted molar refractivity (Wildman–Crippen MR) is 106 cm³/mol. The summed E-state index contributed by atoms with van der Waals surface area (Å²) in [5.74, 6) is 0. The number of nitrogens with zero attached hydrogens (tertiary/aromatic N) is 2. The minimum Gasteiger partial charge on any atom is -0.351 e. The van der Waals surface area contributed by atoms with Crippen LogP contribution >= 0.6 is 0 Å². The van der Waals surface area contributed by atoms with E-state index in [4.69, 9.17) is 0 Å². The average molecular weight is 328 g/mol. The van der Waals surface area contributed by atoms with Gasteiger partial charge in [0.15, 0.2) is 0 Å². The van der Waals surface area contributed by atoms with E-state index in [1.54, 1.807) is 0 Å². The number of hydrogen-bond donors (Lipinski definition) is 0. The lowest BCUT2D eigenvalue weighted by Crippen LogP contribution is -2.10. The maximum absolute atomic E-state index is 4.63. The summed E-state index contributed by atoms with van der Waals surface area (Å²) in [5.41, 5.74) is 4.63. The van der Waals surface area contributed by atoms with Gasteiger partial charge in [-0.2, -0.15) is 0 Å². The van der Waals surface area contributed by atoms with E-state index in [2.05, 4.69) is 76.6 Å².